The smallest absolute Gasteiger partial charge is 0.128 e. The Kier molecular flexibility index (Phi) is 7.62. The molecule has 0 aliphatic heterocycles. The molecule has 3 heterocycles. The van der Waals surface area contributed by atoms with Crippen LogP contribution in [0.1, 0.15) is 16.7 Å². The number of aryl methyl sites for hydroxylation is 5. The number of benzene rings is 8. The minimum absolute atomic E-state index is 0.821. The molecule has 11 aromatic rings. The maximum Gasteiger partial charge on any atom is 0.128 e. The first-order valence-corrected chi connectivity index (χ1v) is 19.8. The fourth-order valence-corrected chi connectivity index (χ4v) is 9.34. The van der Waals surface area contributed by atoms with Gasteiger partial charge in [-0.3, -0.25) is 0 Å². The summed E-state index contributed by atoms with van der Waals surface area (Å²) < 4.78 is 13.7. The first-order valence-electron chi connectivity index (χ1n) is 19.8. The Bertz CT molecular complexity index is 3370. The normalized spacial score (nSPS) is 11.9. The SMILES string of the molecule is Cc1ccccc1-c1cc(Oc2ccc3c(c2)c2ccccc2n3-c2ccc3c(c2)c2ccccc2n3C)ccc1CCc1ccc2c(c1)c1ccccc1n2C. The van der Waals surface area contributed by atoms with Crippen LogP contribution in [-0.2, 0) is 26.9 Å². The van der Waals surface area contributed by atoms with Crippen molar-refractivity contribution in [3.63, 3.8) is 0 Å². The predicted octanol–water partition coefficient (Wildman–Crippen LogP) is 13.6. The fourth-order valence-electron chi connectivity index (χ4n) is 9.34. The zero-order valence-corrected chi connectivity index (χ0v) is 32.3. The lowest BCUT2D eigenvalue weighted by molar-refractivity contribution is 0.483. The molecule has 4 nitrogen and oxygen atoms in total. The Hall–Kier alpha value is -7.04. The van der Waals surface area contributed by atoms with E-state index >= 15 is 0 Å². The zero-order chi connectivity index (χ0) is 38.2. The average Bonchev–Trinajstić information content (AvgIpc) is 3.84. The molecule has 8 aromatic carbocycles. The molecular formula is C53H41N3O. The van der Waals surface area contributed by atoms with Crippen LogP contribution < -0.4 is 4.74 Å². The van der Waals surface area contributed by atoms with E-state index in [1.54, 1.807) is 0 Å². The standard InChI is InChI=1S/C53H41N3O/c1-34-12-4-5-13-40(34)44-32-38(25-23-36(44)22-20-35-21-27-50-45(30-35)41-14-6-9-17-48(41)54(50)2)57-39-26-29-53-47(33-39)43-16-8-11-19-52(43)56(53)37-24-28-51-46(31-37)42-15-7-10-18-49(42)55(51)3/h4-19,21,23-33H,20,22H2,1-3H3. The maximum absolute atomic E-state index is 6.76. The molecule has 0 spiro atoms. The molecule has 274 valence electrons. The Morgan fingerprint density at radius 3 is 1.67 bits per heavy atom. The third kappa shape index (κ3) is 5.36. The number of hydrogen-bond acceptors (Lipinski definition) is 1. The predicted molar refractivity (Wildman–Crippen MR) is 239 cm³/mol. The summed E-state index contributed by atoms with van der Waals surface area (Å²) in [5.74, 6) is 1.65. The summed E-state index contributed by atoms with van der Waals surface area (Å²) in [5.41, 5.74) is 14.9. The van der Waals surface area contributed by atoms with Gasteiger partial charge in [0, 0.05) is 74.2 Å². The van der Waals surface area contributed by atoms with Gasteiger partial charge in [0.05, 0.1) is 11.0 Å². The van der Waals surface area contributed by atoms with E-state index in [1.807, 2.05) is 0 Å². The van der Waals surface area contributed by atoms with Crippen molar-refractivity contribution in [1.29, 1.82) is 0 Å². The monoisotopic (exact) mass is 735 g/mol. The second-order valence-corrected chi connectivity index (χ2v) is 15.5. The van der Waals surface area contributed by atoms with Gasteiger partial charge in [-0.15, -0.1) is 0 Å². The molecule has 0 saturated heterocycles. The van der Waals surface area contributed by atoms with Crippen LogP contribution in [0.15, 0.2) is 170 Å². The van der Waals surface area contributed by atoms with Crippen LogP contribution in [0.25, 0.3) is 82.2 Å². The summed E-state index contributed by atoms with van der Waals surface area (Å²) in [7, 11) is 4.31. The van der Waals surface area contributed by atoms with Crippen LogP contribution in [-0.4, -0.2) is 13.7 Å². The number of hydrogen-bond donors (Lipinski definition) is 0. The van der Waals surface area contributed by atoms with E-state index in [4.69, 9.17) is 4.74 Å². The average molecular weight is 736 g/mol. The van der Waals surface area contributed by atoms with Gasteiger partial charge in [0.1, 0.15) is 11.5 Å². The second-order valence-electron chi connectivity index (χ2n) is 15.5. The highest BCUT2D eigenvalue weighted by molar-refractivity contribution is 6.12. The third-order valence-corrected chi connectivity index (χ3v) is 12.2. The van der Waals surface area contributed by atoms with Gasteiger partial charge in [-0.25, -0.2) is 0 Å². The van der Waals surface area contributed by atoms with Gasteiger partial charge in [0.2, 0.25) is 0 Å². The van der Waals surface area contributed by atoms with E-state index in [9.17, 15) is 0 Å². The molecule has 0 amide bonds. The highest BCUT2D eigenvalue weighted by atomic mass is 16.5. The molecule has 0 N–H and O–H groups in total. The largest absolute Gasteiger partial charge is 0.457 e. The number of nitrogens with zero attached hydrogens (tertiary/aromatic N) is 3. The van der Waals surface area contributed by atoms with Gasteiger partial charge in [0.15, 0.2) is 0 Å². The van der Waals surface area contributed by atoms with Crippen molar-refractivity contribution < 1.29 is 4.74 Å². The maximum atomic E-state index is 6.76. The lowest BCUT2D eigenvalue weighted by Gasteiger charge is -2.15. The molecule has 0 bridgehead atoms. The second kappa shape index (κ2) is 13.0. The van der Waals surface area contributed by atoms with E-state index < -0.39 is 0 Å². The molecular weight excluding hydrogens is 695 g/mol. The van der Waals surface area contributed by atoms with Gasteiger partial charge in [-0.2, -0.15) is 0 Å². The van der Waals surface area contributed by atoms with Gasteiger partial charge < -0.3 is 18.4 Å². The Balaban J connectivity index is 0.951. The van der Waals surface area contributed by atoms with Crippen LogP contribution in [0, 0.1) is 6.92 Å². The van der Waals surface area contributed by atoms with Crippen LogP contribution in [0.3, 0.4) is 0 Å². The summed E-state index contributed by atoms with van der Waals surface area (Å²) in [6.45, 7) is 2.20. The molecule has 0 atom stereocenters. The molecule has 0 unspecified atom stereocenters. The first kappa shape index (κ1) is 33.3. The molecule has 3 aromatic heterocycles. The van der Waals surface area contributed by atoms with Crippen molar-refractivity contribution in [2.24, 2.45) is 14.1 Å². The van der Waals surface area contributed by atoms with Crippen LogP contribution >= 0.6 is 0 Å². The van der Waals surface area contributed by atoms with Gasteiger partial charge >= 0.3 is 0 Å². The van der Waals surface area contributed by atoms with Gasteiger partial charge in [-0.1, -0.05) is 91.0 Å². The number of aromatic nitrogens is 3. The molecule has 4 heteroatoms. The van der Waals surface area contributed by atoms with E-state index in [-0.39, 0.29) is 0 Å². The summed E-state index contributed by atoms with van der Waals surface area (Å²) in [6, 6.07) is 61.7. The molecule has 0 saturated carbocycles. The zero-order valence-electron chi connectivity index (χ0n) is 32.3. The van der Waals surface area contributed by atoms with Crippen LogP contribution in [0.4, 0.5) is 0 Å². The van der Waals surface area contributed by atoms with E-state index in [0.29, 0.717) is 0 Å². The molecule has 0 fully saturated rings. The molecule has 0 aliphatic rings. The van der Waals surface area contributed by atoms with Crippen molar-refractivity contribution in [1.82, 2.24) is 13.7 Å². The summed E-state index contributed by atoms with van der Waals surface area (Å²) >= 11 is 0. The van der Waals surface area contributed by atoms with Crippen molar-refractivity contribution in [2.45, 2.75) is 19.8 Å². The first-order chi connectivity index (χ1) is 28.0. The Morgan fingerprint density at radius 1 is 0.404 bits per heavy atom. The highest BCUT2D eigenvalue weighted by Gasteiger charge is 2.17. The van der Waals surface area contributed by atoms with Crippen molar-refractivity contribution >= 4 is 65.4 Å². The third-order valence-electron chi connectivity index (χ3n) is 12.2. The van der Waals surface area contributed by atoms with E-state index in [1.165, 1.54) is 87.7 Å². The summed E-state index contributed by atoms with van der Waals surface area (Å²) in [6.07, 6.45) is 1.88. The molecule has 0 aliphatic carbocycles. The van der Waals surface area contributed by atoms with E-state index in [2.05, 4.69) is 205 Å². The van der Waals surface area contributed by atoms with Crippen molar-refractivity contribution in [3.8, 4) is 28.3 Å². The lowest BCUT2D eigenvalue weighted by Crippen LogP contribution is -1.97. The topological polar surface area (TPSA) is 24.0 Å². The highest BCUT2D eigenvalue weighted by Crippen LogP contribution is 2.39. The van der Waals surface area contributed by atoms with Crippen molar-refractivity contribution in [2.75, 3.05) is 0 Å². The number of fused-ring (bicyclic) bond motifs is 9. The van der Waals surface area contributed by atoms with Crippen molar-refractivity contribution in [3.05, 3.63) is 187 Å². The summed E-state index contributed by atoms with van der Waals surface area (Å²) in [5, 5.41) is 7.53. The van der Waals surface area contributed by atoms with Gasteiger partial charge in [-0.05, 0) is 126 Å². The number of ether oxygens (including phenoxy) is 1. The molecule has 0 radical (unpaired) electrons. The molecule has 11 rings (SSSR count). The molecule has 57 heavy (non-hydrogen) atoms. The lowest BCUT2D eigenvalue weighted by atomic mass is 9.92. The van der Waals surface area contributed by atoms with E-state index in [0.717, 1.165) is 35.5 Å². The quantitative estimate of drug-likeness (QED) is 0.160. The Labute approximate surface area is 331 Å². The van der Waals surface area contributed by atoms with Gasteiger partial charge in [0.25, 0.3) is 0 Å². The minimum Gasteiger partial charge on any atom is -0.457 e. The summed E-state index contributed by atoms with van der Waals surface area (Å²) in [4.78, 5) is 0. The number of para-hydroxylation sites is 3. The van der Waals surface area contributed by atoms with Crippen LogP contribution in [0.2, 0.25) is 0 Å². The fraction of sp³-hybridized carbons (Fsp3) is 0.0943. The van der Waals surface area contributed by atoms with Crippen LogP contribution in [0.5, 0.6) is 11.5 Å². The number of rotatable bonds is 7. The minimum atomic E-state index is 0.821. The Morgan fingerprint density at radius 2 is 0.930 bits per heavy atom.